The molecule has 0 amide bonds. The summed E-state index contributed by atoms with van der Waals surface area (Å²) >= 11 is 0. The molecule has 14 heavy (non-hydrogen) atoms. The molecule has 1 heterocycles. The van der Waals surface area contributed by atoms with E-state index < -0.39 is 0 Å². The summed E-state index contributed by atoms with van der Waals surface area (Å²) in [5.41, 5.74) is 0. The lowest BCUT2D eigenvalue weighted by atomic mass is 10.0. The Bertz CT molecular complexity index is 148. The normalized spacial score (nSPS) is 30.2. The van der Waals surface area contributed by atoms with Crippen LogP contribution in [0.2, 0.25) is 0 Å². The molecule has 0 bridgehead atoms. The molecule has 0 spiro atoms. The first kappa shape index (κ1) is 12.0. The van der Waals surface area contributed by atoms with Gasteiger partial charge >= 0.3 is 0 Å². The van der Waals surface area contributed by atoms with E-state index in [9.17, 15) is 0 Å². The summed E-state index contributed by atoms with van der Waals surface area (Å²) in [5, 5.41) is 12.6. The van der Waals surface area contributed by atoms with Crippen LogP contribution in [0.25, 0.3) is 0 Å². The number of hydrogen-bond acceptors (Lipinski definition) is 3. The summed E-state index contributed by atoms with van der Waals surface area (Å²) in [6, 6.07) is 0.793. The SMILES string of the molecule is CCC1CC(N[C@H](CC)CO)CCO1. The Morgan fingerprint density at radius 2 is 2.29 bits per heavy atom. The number of hydrogen-bond donors (Lipinski definition) is 2. The molecule has 3 atom stereocenters. The second-order valence-corrected chi connectivity index (χ2v) is 4.08. The van der Waals surface area contributed by atoms with Crippen LogP contribution >= 0.6 is 0 Å². The van der Waals surface area contributed by atoms with Crippen molar-refractivity contribution in [2.45, 2.75) is 57.7 Å². The fourth-order valence-corrected chi connectivity index (χ4v) is 1.95. The second kappa shape index (κ2) is 6.38. The van der Waals surface area contributed by atoms with E-state index in [-0.39, 0.29) is 12.6 Å². The van der Waals surface area contributed by atoms with Gasteiger partial charge in [-0.25, -0.2) is 0 Å². The summed E-state index contributed by atoms with van der Waals surface area (Å²) in [7, 11) is 0. The van der Waals surface area contributed by atoms with E-state index in [1.165, 1.54) is 0 Å². The van der Waals surface area contributed by atoms with Crippen LogP contribution in [-0.4, -0.2) is 36.5 Å². The van der Waals surface area contributed by atoms with Gasteiger partial charge in [0, 0.05) is 18.7 Å². The zero-order chi connectivity index (χ0) is 10.4. The molecular weight excluding hydrogens is 178 g/mol. The Hall–Kier alpha value is -0.120. The van der Waals surface area contributed by atoms with Crippen molar-refractivity contribution in [3.63, 3.8) is 0 Å². The van der Waals surface area contributed by atoms with E-state index in [1.807, 2.05) is 0 Å². The molecule has 0 aromatic heterocycles. The molecular formula is C11H23NO2. The van der Waals surface area contributed by atoms with Gasteiger partial charge in [-0.15, -0.1) is 0 Å². The van der Waals surface area contributed by atoms with Crippen LogP contribution in [0.3, 0.4) is 0 Å². The van der Waals surface area contributed by atoms with E-state index in [0.717, 1.165) is 32.3 Å². The van der Waals surface area contributed by atoms with Crippen molar-refractivity contribution in [2.24, 2.45) is 0 Å². The lowest BCUT2D eigenvalue weighted by molar-refractivity contribution is -0.00335. The third-order valence-electron chi connectivity index (χ3n) is 3.01. The molecule has 0 aromatic carbocycles. The Balaban J connectivity index is 2.29. The van der Waals surface area contributed by atoms with Crippen molar-refractivity contribution in [3.8, 4) is 0 Å². The van der Waals surface area contributed by atoms with Crippen molar-refractivity contribution >= 4 is 0 Å². The van der Waals surface area contributed by atoms with Crippen molar-refractivity contribution in [2.75, 3.05) is 13.2 Å². The quantitative estimate of drug-likeness (QED) is 0.704. The average Bonchev–Trinajstić information content (AvgIpc) is 2.26. The molecule has 1 aliphatic rings. The van der Waals surface area contributed by atoms with Crippen molar-refractivity contribution in [1.29, 1.82) is 0 Å². The monoisotopic (exact) mass is 201 g/mol. The lowest BCUT2D eigenvalue weighted by Crippen LogP contribution is -2.45. The maximum Gasteiger partial charge on any atom is 0.0587 e. The van der Waals surface area contributed by atoms with E-state index in [1.54, 1.807) is 0 Å². The van der Waals surface area contributed by atoms with Crippen LogP contribution in [0.1, 0.15) is 39.5 Å². The summed E-state index contributed by atoms with van der Waals surface area (Å²) in [5.74, 6) is 0. The van der Waals surface area contributed by atoms with Crippen molar-refractivity contribution in [3.05, 3.63) is 0 Å². The highest BCUT2D eigenvalue weighted by Crippen LogP contribution is 2.16. The van der Waals surface area contributed by atoms with Crippen LogP contribution in [-0.2, 0) is 4.74 Å². The molecule has 0 aromatic rings. The Labute approximate surface area is 86.8 Å². The fourth-order valence-electron chi connectivity index (χ4n) is 1.95. The number of rotatable bonds is 5. The second-order valence-electron chi connectivity index (χ2n) is 4.08. The highest BCUT2D eigenvalue weighted by molar-refractivity contribution is 4.79. The molecule has 1 rings (SSSR count). The minimum atomic E-state index is 0.241. The van der Waals surface area contributed by atoms with Crippen molar-refractivity contribution < 1.29 is 9.84 Å². The van der Waals surface area contributed by atoms with Crippen LogP contribution in [0.5, 0.6) is 0 Å². The maximum absolute atomic E-state index is 9.09. The number of ether oxygens (including phenoxy) is 1. The van der Waals surface area contributed by atoms with Crippen LogP contribution in [0.15, 0.2) is 0 Å². The Kier molecular flexibility index (Phi) is 5.45. The van der Waals surface area contributed by atoms with E-state index in [2.05, 4.69) is 19.2 Å². The van der Waals surface area contributed by atoms with Gasteiger partial charge < -0.3 is 15.2 Å². The van der Waals surface area contributed by atoms with E-state index in [4.69, 9.17) is 9.84 Å². The maximum atomic E-state index is 9.09. The zero-order valence-electron chi connectivity index (χ0n) is 9.33. The van der Waals surface area contributed by atoms with Gasteiger partial charge in [0.25, 0.3) is 0 Å². The standard InChI is InChI=1S/C11H23NO2/c1-3-9(8-13)12-10-5-6-14-11(4-2)7-10/h9-13H,3-8H2,1-2H3/t9-,10?,11?/m1/s1. The van der Waals surface area contributed by atoms with Crippen LogP contribution in [0.4, 0.5) is 0 Å². The highest BCUT2D eigenvalue weighted by atomic mass is 16.5. The van der Waals surface area contributed by atoms with Gasteiger partial charge in [-0.05, 0) is 25.7 Å². The van der Waals surface area contributed by atoms with Gasteiger partial charge in [0.2, 0.25) is 0 Å². The zero-order valence-corrected chi connectivity index (χ0v) is 9.33. The molecule has 3 nitrogen and oxygen atoms in total. The molecule has 3 heteroatoms. The van der Waals surface area contributed by atoms with Gasteiger partial charge in [-0.3, -0.25) is 0 Å². The summed E-state index contributed by atoms with van der Waals surface area (Å²) in [4.78, 5) is 0. The van der Waals surface area contributed by atoms with Gasteiger partial charge in [0.15, 0.2) is 0 Å². The molecule has 0 aliphatic carbocycles. The molecule has 1 aliphatic heterocycles. The van der Waals surface area contributed by atoms with Crippen LogP contribution in [0, 0.1) is 0 Å². The first-order valence-electron chi connectivity index (χ1n) is 5.78. The minimum Gasteiger partial charge on any atom is -0.395 e. The number of aliphatic hydroxyl groups excluding tert-OH is 1. The molecule has 0 saturated carbocycles. The van der Waals surface area contributed by atoms with Gasteiger partial charge in [-0.1, -0.05) is 13.8 Å². The summed E-state index contributed by atoms with van der Waals surface area (Å²) in [6.45, 7) is 5.36. The summed E-state index contributed by atoms with van der Waals surface area (Å²) < 4.78 is 5.60. The molecule has 1 fully saturated rings. The fraction of sp³-hybridized carbons (Fsp3) is 1.00. The van der Waals surface area contributed by atoms with E-state index in [0.29, 0.717) is 12.1 Å². The van der Waals surface area contributed by atoms with Crippen LogP contribution < -0.4 is 5.32 Å². The van der Waals surface area contributed by atoms with Gasteiger partial charge in [-0.2, -0.15) is 0 Å². The molecule has 84 valence electrons. The summed E-state index contributed by atoms with van der Waals surface area (Å²) in [6.07, 6.45) is 4.66. The predicted molar refractivity (Wildman–Crippen MR) is 57.4 cm³/mol. The lowest BCUT2D eigenvalue weighted by Gasteiger charge is -2.32. The molecule has 1 saturated heterocycles. The minimum absolute atomic E-state index is 0.241. The Morgan fingerprint density at radius 1 is 1.50 bits per heavy atom. The van der Waals surface area contributed by atoms with Gasteiger partial charge in [0.05, 0.1) is 12.7 Å². The third kappa shape index (κ3) is 3.56. The third-order valence-corrected chi connectivity index (χ3v) is 3.01. The van der Waals surface area contributed by atoms with E-state index >= 15 is 0 Å². The molecule has 2 unspecified atom stereocenters. The number of nitrogens with one attached hydrogen (secondary N) is 1. The molecule has 0 radical (unpaired) electrons. The molecule has 2 N–H and O–H groups in total. The number of aliphatic hydroxyl groups is 1. The van der Waals surface area contributed by atoms with Gasteiger partial charge in [0.1, 0.15) is 0 Å². The smallest absolute Gasteiger partial charge is 0.0587 e. The topological polar surface area (TPSA) is 41.5 Å². The van der Waals surface area contributed by atoms with Crippen molar-refractivity contribution in [1.82, 2.24) is 5.32 Å². The average molecular weight is 201 g/mol. The highest BCUT2D eigenvalue weighted by Gasteiger charge is 2.22. The largest absolute Gasteiger partial charge is 0.395 e. The first-order valence-corrected chi connectivity index (χ1v) is 5.78. The first-order chi connectivity index (χ1) is 6.80. The predicted octanol–water partition coefficient (Wildman–Crippen LogP) is 1.30. The Morgan fingerprint density at radius 3 is 2.86 bits per heavy atom.